The van der Waals surface area contributed by atoms with E-state index in [1.807, 2.05) is 60.8 Å². The van der Waals surface area contributed by atoms with Crippen LogP contribution in [0.15, 0.2) is 58.9 Å². The highest BCUT2D eigenvalue weighted by Gasteiger charge is 2.07. The molecule has 1 aromatic carbocycles. The molecule has 128 valence electrons. The molecule has 25 heavy (non-hydrogen) atoms. The van der Waals surface area contributed by atoms with Crippen LogP contribution in [0.4, 0.5) is 5.69 Å². The summed E-state index contributed by atoms with van der Waals surface area (Å²) in [4.78, 5) is 13.1. The van der Waals surface area contributed by atoms with Crippen molar-refractivity contribution in [3.05, 3.63) is 53.9 Å². The van der Waals surface area contributed by atoms with E-state index in [-0.39, 0.29) is 11.7 Å². The summed E-state index contributed by atoms with van der Waals surface area (Å²) in [5.74, 6) is 0.981. The first kappa shape index (κ1) is 17.4. The maximum absolute atomic E-state index is 12.0. The Morgan fingerprint density at radius 2 is 2.00 bits per heavy atom. The number of amides is 1. The van der Waals surface area contributed by atoms with Gasteiger partial charge in [0.15, 0.2) is 0 Å². The van der Waals surface area contributed by atoms with Crippen LogP contribution in [-0.2, 0) is 4.79 Å². The molecule has 5 nitrogen and oxygen atoms in total. The largest absolute Gasteiger partial charge is 0.494 e. The van der Waals surface area contributed by atoms with Gasteiger partial charge in [-0.25, -0.2) is 0 Å². The summed E-state index contributed by atoms with van der Waals surface area (Å²) in [7, 11) is 0. The van der Waals surface area contributed by atoms with Gasteiger partial charge in [-0.3, -0.25) is 4.79 Å². The van der Waals surface area contributed by atoms with E-state index in [0.29, 0.717) is 6.61 Å². The van der Waals surface area contributed by atoms with Gasteiger partial charge in [-0.1, -0.05) is 17.8 Å². The molecule has 1 amide bonds. The van der Waals surface area contributed by atoms with Crippen molar-refractivity contribution in [2.75, 3.05) is 17.7 Å². The Bertz CT molecular complexity index is 803. The third-order valence-electron chi connectivity index (χ3n) is 3.21. The lowest BCUT2D eigenvalue weighted by Gasteiger charge is -2.07. The molecule has 2 heterocycles. The Balaban J connectivity index is 1.50. The van der Waals surface area contributed by atoms with E-state index < -0.39 is 0 Å². The fourth-order valence-electron chi connectivity index (χ4n) is 2.09. The van der Waals surface area contributed by atoms with Crippen molar-refractivity contribution in [3.8, 4) is 16.3 Å². The summed E-state index contributed by atoms with van der Waals surface area (Å²) in [5, 5.41) is 14.0. The smallest absolute Gasteiger partial charge is 0.234 e. The van der Waals surface area contributed by atoms with Crippen LogP contribution < -0.4 is 10.1 Å². The second kappa shape index (κ2) is 8.64. The van der Waals surface area contributed by atoms with E-state index in [9.17, 15) is 4.79 Å². The van der Waals surface area contributed by atoms with E-state index in [2.05, 4.69) is 15.5 Å². The van der Waals surface area contributed by atoms with Gasteiger partial charge in [0.2, 0.25) is 5.91 Å². The van der Waals surface area contributed by atoms with Crippen molar-refractivity contribution in [2.24, 2.45) is 0 Å². The summed E-state index contributed by atoms with van der Waals surface area (Å²) in [6.45, 7) is 2.55. The molecule has 0 unspecified atom stereocenters. The van der Waals surface area contributed by atoms with Gasteiger partial charge in [-0.2, -0.15) is 0 Å². The molecule has 2 aromatic heterocycles. The Morgan fingerprint density at radius 3 is 2.64 bits per heavy atom. The second-order valence-corrected chi connectivity index (χ2v) is 6.97. The summed E-state index contributed by atoms with van der Waals surface area (Å²) >= 11 is 2.98. The molecule has 0 aliphatic heterocycles. The Labute approximate surface area is 154 Å². The van der Waals surface area contributed by atoms with Crippen molar-refractivity contribution in [3.63, 3.8) is 0 Å². The highest BCUT2D eigenvalue weighted by Crippen LogP contribution is 2.24. The predicted octanol–water partition coefficient (Wildman–Crippen LogP) is 4.33. The normalized spacial score (nSPS) is 10.4. The zero-order valence-electron chi connectivity index (χ0n) is 13.6. The monoisotopic (exact) mass is 371 g/mol. The summed E-state index contributed by atoms with van der Waals surface area (Å²) in [6.07, 6.45) is 0. The lowest BCUT2D eigenvalue weighted by molar-refractivity contribution is -0.113. The molecule has 0 atom stereocenters. The first-order chi connectivity index (χ1) is 12.2. The van der Waals surface area contributed by atoms with Gasteiger partial charge in [0.1, 0.15) is 16.5 Å². The zero-order valence-corrected chi connectivity index (χ0v) is 15.3. The van der Waals surface area contributed by atoms with Crippen molar-refractivity contribution in [1.82, 2.24) is 10.2 Å². The molecule has 0 aliphatic carbocycles. The van der Waals surface area contributed by atoms with E-state index in [1.165, 1.54) is 11.8 Å². The number of rotatable bonds is 7. The number of hydrogen-bond donors (Lipinski definition) is 1. The fourth-order valence-corrected chi connectivity index (χ4v) is 3.39. The lowest BCUT2D eigenvalue weighted by Crippen LogP contribution is -2.14. The number of anilines is 1. The van der Waals surface area contributed by atoms with E-state index >= 15 is 0 Å². The van der Waals surface area contributed by atoms with Crippen LogP contribution in [0.1, 0.15) is 6.92 Å². The topological polar surface area (TPSA) is 64.1 Å². The van der Waals surface area contributed by atoms with Crippen LogP contribution in [0.25, 0.3) is 10.6 Å². The number of ether oxygens (including phenoxy) is 1. The highest BCUT2D eigenvalue weighted by atomic mass is 32.2. The number of thioether (sulfide) groups is 1. The zero-order chi connectivity index (χ0) is 17.5. The quantitative estimate of drug-likeness (QED) is 0.626. The van der Waals surface area contributed by atoms with Crippen molar-refractivity contribution in [1.29, 1.82) is 0 Å². The molecule has 3 aromatic rings. The molecule has 1 N–H and O–H groups in total. The molecule has 0 saturated carbocycles. The fraction of sp³-hybridized carbons (Fsp3) is 0.167. The van der Waals surface area contributed by atoms with Gasteiger partial charge < -0.3 is 10.1 Å². The number of benzene rings is 1. The number of thiophene rings is 1. The van der Waals surface area contributed by atoms with Crippen LogP contribution in [-0.4, -0.2) is 28.5 Å². The van der Waals surface area contributed by atoms with Gasteiger partial charge in [0.05, 0.1) is 17.2 Å². The molecule has 0 fully saturated rings. The van der Waals surface area contributed by atoms with E-state index in [1.54, 1.807) is 11.3 Å². The average molecular weight is 371 g/mol. The van der Waals surface area contributed by atoms with Crippen molar-refractivity contribution >= 4 is 34.7 Å². The highest BCUT2D eigenvalue weighted by molar-refractivity contribution is 7.99. The Kier molecular flexibility index (Phi) is 6.03. The minimum atomic E-state index is -0.0849. The number of carbonyl (C=O) groups is 1. The van der Waals surface area contributed by atoms with Crippen LogP contribution in [0.3, 0.4) is 0 Å². The van der Waals surface area contributed by atoms with Crippen molar-refractivity contribution in [2.45, 2.75) is 11.9 Å². The lowest BCUT2D eigenvalue weighted by atomic mass is 10.3. The van der Waals surface area contributed by atoms with Gasteiger partial charge in [-0.15, -0.1) is 21.5 Å². The Hall–Kier alpha value is -2.38. The maximum atomic E-state index is 12.0. The van der Waals surface area contributed by atoms with E-state index in [0.717, 1.165) is 27.0 Å². The number of nitrogens with zero attached hydrogens (tertiary/aromatic N) is 2. The maximum Gasteiger partial charge on any atom is 0.234 e. The van der Waals surface area contributed by atoms with Gasteiger partial charge in [0.25, 0.3) is 0 Å². The average Bonchev–Trinajstić information content (AvgIpc) is 3.17. The molecule has 7 heteroatoms. The van der Waals surface area contributed by atoms with Crippen molar-refractivity contribution < 1.29 is 9.53 Å². The standard InChI is InChI=1S/C18H17N3O2S2/c1-2-23-14-7-5-13(6-8-14)19-17(22)12-25-18-10-9-15(20-21-18)16-4-3-11-24-16/h3-11H,2,12H2,1H3,(H,19,22). The number of carbonyl (C=O) groups excluding carboxylic acids is 1. The third-order valence-corrected chi connectivity index (χ3v) is 5.03. The molecular formula is C18H17N3O2S2. The first-order valence-electron chi connectivity index (χ1n) is 7.77. The molecule has 0 spiro atoms. The van der Waals surface area contributed by atoms with Crippen LogP contribution in [0, 0.1) is 0 Å². The summed E-state index contributed by atoms with van der Waals surface area (Å²) in [6, 6.07) is 15.1. The van der Waals surface area contributed by atoms with Crippen LogP contribution in [0.2, 0.25) is 0 Å². The minimum Gasteiger partial charge on any atom is -0.494 e. The number of nitrogens with one attached hydrogen (secondary N) is 1. The molecular weight excluding hydrogens is 354 g/mol. The molecule has 0 radical (unpaired) electrons. The minimum absolute atomic E-state index is 0.0849. The predicted molar refractivity (Wildman–Crippen MR) is 102 cm³/mol. The first-order valence-corrected chi connectivity index (χ1v) is 9.64. The molecule has 0 saturated heterocycles. The summed E-state index contributed by atoms with van der Waals surface area (Å²) < 4.78 is 5.38. The third kappa shape index (κ3) is 5.04. The number of hydrogen-bond acceptors (Lipinski definition) is 6. The Morgan fingerprint density at radius 1 is 1.16 bits per heavy atom. The van der Waals surface area contributed by atoms with E-state index in [4.69, 9.17) is 4.74 Å². The van der Waals surface area contributed by atoms with Gasteiger partial charge in [-0.05, 0) is 54.8 Å². The summed E-state index contributed by atoms with van der Waals surface area (Å²) in [5.41, 5.74) is 1.59. The molecule has 3 rings (SSSR count). The van der Waals surface area contributed by atoms with Crippen LogP contribution in [0.5, 0.6) is 5.75 Å². The van der Waals surface area contributed by atoms with Gasteiger partial charge >= 0.3 is 0 Å². The number of aromatic nitrogens is 2. The molecule has 0 aliphatic rings. The molecule has 0 bridgehead atoms. The SMILES string of the molecule is CCOc1ccc(NC(=O)CSc2ccc(-c3cccs3)nn2)cc1. The van der Waals surface area contributed by atoms with Crippen LogP contribution >= 0.6 is 23.1 Å². The second-order valence-electron chi connectivity index (χ2n) is 5.03. The van der Waals surface area contributed by atoms with Gasteiger partial charge in [0, 0.05) is 5.69 Å².